The molecule has 9 nitrogen and oxygen atoms in total. The Bertz CT molecular complexity index is 1060. The number of nitrogens with zero attached hydrogens (tertiary/aromatic N) is 3. The summed E-state index contributed by atoms with van der Waals surface area (Å²) in [5, 5.41) is 13.5. The van der Waals surface area contributed by atoms with Crippen LogP contribution >= 0.6 is 15.9 Å². The number of non-ortho nitro benzene ring substituents is 1. The summed E-state index contributed by atoms with van der Waals surface area (Å²) in [6, 6.07) is 6.96. The summed E-state index contributed by atoms with van der Waals surface area (Å²) in [6.07, 6.45) is 2.20. The van der Waals surface area contributed by atoms with E-state index in [9.17, 15) is 23.3 Å². The van der Waals surface area contributed by atoms with Crippen LogP contribution in [0.4, 0.5) is 11.5 Å². The molecule has 1 atom stereocenters. The maximum Gasteiger partial charge on any atom is 0.269 e. The normalized spacial score (nSPS) is 12.4. The van der Waals surface area contributed by atoms with Crippen molar-refractivity contribution >= 4 is 43.4 Å². The lowest BCUT2D eigenvalue weighted by atomic mass is 10.1. The van der Waals surface area contributed by atoms with Crippen LogP contribution in [0.3, 0.4) is 0 Å². The molecule has 1 heterocycles. The molecule has 0 saturated carbocycles. The molecule has 30 heavy (non-hydrogen) atoms. The number of aromatic nitrogens is 1. The third kappa shape index (κ3) is 5.49. The molecule has 2 aromatic rings. The van der Waals surface area contributed by atoms with Crippen LogP contribution < -0.4 is 5.32 Å². The summed E-state index contributed by atoms with van der Waals surface area (Å²) in [7, 11) is -2.78. The molecule has 11 heteroatoms. The topological polar surface area (TPSA) is 123 Å². The van der Waals surface area contributed by atoms with Crippen molar-refractivity contribution in [1.29, 1.82) is 0 Å². The molecule has 0 spiro atoms. The second-order valence-corrected chi connectivity index (χ2v) is 9.25. The number of likely N-dealkylation sites (N-methyl/N-ethyl adjacent to an activating group) is 1. The number of hydrogen-bond acceptors (Lipinski definition) is 6. The summed E-state index contributed by atoms with van der Waals surface area (Å²) >= 11 is 3.24. The van der Waals surface area contributed by atoms with E-state index in [1.54, 1.807) is 25.1 Å². The number of hydrogen-bond donors (Lipinski definition) is 1. The molecule has 1 unspecified atom stereocenters. The summed E-state index contributed by atoms with van der Waals surface area (Å²) < 4.78 is 27.5. The zero-order valence-corrected chi connectivity index (χ0v) is 18.8. The average Bonchev–Trinajstić information content (AvgIpc) is 2.70. The molecule has 1 aromatic carbocycles. The Kier molecular flexibility index (Phi) is 7.82. The molecule has 1 aromatic heterocycles. The third-order valence-corrected chi connectivity index (χ3v) is 6.74. The number of nitro groups is 1. The first kappa shape index (κ1) is 23.6. The van der Waals surface area contributed by atoms with Crippen molar-refractivity contribution in [3.8, 4) is 0 Å². The number of allylic oxidation sites excluding steroid dienone is 1. The van der Waals surface area contributed by atoms with Crippen molar-refractivity contribution < 1.29 is 18.1 Å². The Morgan fingerprint density at radius 1 is 1.33 bits per heavy atom. The maximum absolute atomic E-state index is 13.0. The van der Waals surface area contributed by atoms with Crippen LogP contribution in [-0.2, 0) is 14.8 Å². The van der Waals surface area contributed by atoms with Gasteiger partial charge in [0.15, 0.2) is 0 Å². The number of halogens is 1. The lowest BCUT2D eigenvalue weighted by Crippen LogP contribution is -2.45. The monoisotopic (exact) mass is 496 g/mol. The van der Waals surface area contributed by atoms with E-state index in [-0.39, 0.29) is 17.0 Å². The first-order valence-corrected chi connectivity index (χ1v) is 11.1. The van der Waals surface area contributed by atoms with Crippen LogP contribution in [0, 0.1) is 17.0 Å². The van der Waals surface area contributed by atoms with Gasteiger partial charge in [-0.15, -0.1) is 6.58 Å². The van der Waals surface area contributed by atoms with E-state index in [1.807, 2.05) is 0 Å². The quantitative estimate of drug-likeness (QED) is 0.244. The highest BCUT2D eigenvalue weighted by Crippen LogP contribution is 2.23. The van der Waals surface area contributed by atoms with Crippen LogP contribution in [0.2, 0.25) is 0 Å². The Balaban J connectivity index is 2.34. The zero-order valence-electron chi connectivity index (χ0n) is 16.4. The largest absolute Gasteiger partial charge is 0.309 e. The molecule has 0 saturated heterocycles. The number of sulfonamides is 1. The molecular weight excluding hydrogens is 476 g/mol. The van der Waals surface area contributed by atoms with Gasteiger partial charge in [0.05, 0.1) is 9.82 Å². The van der Waals surface area contributed by atoms with Crippen LogP contribution in [0.5, 0.6) is 0 Å². The number of aryl methyl sites for hydroxylation is 1. The molecule has 2 rings (SSSR count). The van der Waals surface area contributed by atoms with Crippen molar-refractivity contribution in [1.82, 2.24) is 9.29 Å². The van der Waals surface area contributed by atoms with Crippen molar-refractivity contribution in [3.05, 3.63) is 69.3 Å². The van der Waals surface area contributed by atoms with Gasteiger partial charge in [-0.2, -0.15) is 4.31 Å². The Morgan fingerprint density at radius 3 is 2.53 bits per heavy atom. The predicted octanol–water partition coefficient (Wildman–Crippen LogP) is 3.65. The number of pyridine rings is 1. The standard InChI is InChI=1S/C19H21BrN4O5S/c1-4-5-6-16(19(25)22-18-13(2)7-12-17(20)21-18)23(3)30(28,29)15-10-8-14(9-11-15)24(26)27/h4,7-12,16H,1,5-6H2,2-3H3,(H,21,22,25). The highest BCUT2D eigenvalue weighted by atomic mass is 79.9. The molecule has 1 N–H and O–H groups in total. The predicted molar refractivity (Wildman–Crippen MR) is 117 cm³/mol. The lowest BCUT2D eigenvalue weighted by molar-refractivity contribution is -0.384. The van der Waals surface area contributed by atoms with E-state index in [2.05, 4.69) is 32.8 Å². The van der Waals surface area contributed by atoms with E-state index < -0.39 is 26.9 Å². The summed E-state index contributed by atoms with van der Waals surface area (Å²) in [5.74, 6) is -0.224. The van der Waals surface area contributed by atoms with Crippen molar-refractivity contribution in [2.45, 2.75) is 30.7 Å². The number of nitrogens with one attached hydrogen (secondary N) is 1. The van der Waals surface area contributed by atoms with Crippen LogP contribution in [0.1, 0.15) is 18.4 Å². The van der Waals surface area contributed by atoms with E-state index in [0.29, 0.717) is 16.8 Å². The molecule has 0 aliphatic heterocycles. The molecule has 160 valence electrons. The lowest BCUT2D eigenvalue weighted by Gasteiger charge is -2.26. The van der Waals surface area contributed by atoms with E-state index in [0.717, 1.165) is 34.1 Å². The van der Waals surface area contributed by atoms with Gasteiger partial charge in [0.25, 0.3) is 5.69 Å². The number of rotatable bonds is 9. The highest BCUT2D eigenvalue weighted by Gasteiger charge is 2.33. The minimum absolute atomic E-state index is 0.149. The Labute approximate surface area is 183 Å². The molecule has 0 bridgehead atoms. The van der Waals surface area contributed by atoms with Crippen LogP contribution in [-0.4, -0.2) is 41.6 Å². The molecule has 0 aliphatic rings. The van der Waals surface area contributed by atoms with Gasteiger partial charge in [0.1, 0.15) is 16.5 Å². The van der Waals surface area contributed by atoms with Gasteiger partial charge in [0, 0.05) is 19.2 Å². The summed E-state index contributed by atoms with van der Waals surface area (Å²) in [4.78, 5) is 27.2. The van der Waals surface area contributed by atoms with Gasteiger partial charge < -0.3 is 5.32 Å². The minimum Gasteiger partial charge on any atom is -0.309 e. The molecule has 0 aliphatic carbocycles. The Morgan fingerprint density at radius 2 is 1.97 bits per heavy atom. The highest BCUT2D eigenvalue weighted by molar-refractivity contribution is 9.10. The van der Waals surface area contributed by atoms with Gasteiger partial charge in [-0.3, -0.25) is 14.9 Å². The Hall–Kier alpha value is -2.63. The molecule has 0 fully saturated rings. The van der Waals surface area contributed by atoms with Gasteiger partial charge >= 0.3 is 0 Å². The summed E-state index contributed by atoms with van der Waals surface area (Å²) in [6.45, 7) is 5.39. The average molecular weight is 497 g/mol. The smallest absolute Gasteiger partial charge is 0.269 e. The van der Waals surface area contributed by atoms with Gasteiger partial charge in [0.2, 0.25) is 15.9 Å². The fourth-order valence-corrected chi connectivity index (χ4v) is 4.32. The molecule has 0 radical (unpaired) electrons. The number of benzene rings is 1. The van der Waals surface area contributed by atoms with Crippen molar-refractivity contribution in [3.63, 3.8) is 0 Å². The van der Waals surface area contributed by atoms with Crippen molar-refractivity contribution in [2.75, 3.05) is 12.4 Å². The third-order valence-electron chi connectivity index (χ3n) is 4.41. The van der Waals surface area contributed by atoms with Crippen LogP contribution in [0.25, 0.3) is 0 Å². The maximum atomic E-state index is 13.0. The second-order valence-electron chi connectivity index (χ2n) is 6.44. The van der Waals surface area contributed by atoms with Crippen molar-refractivity contribution in [2.24, 2.45) is 0 Å². The fourth-order valence-electron chi connectivity index (χ4n) is 2.66. The van der Waals surface area contributed by atoms with Gasteiger partial charge in [-0.1, -0.05) is 12.1 Å². The number of carbonyl (C=O) groups is 1. The number of carbonyl (C=O) groups excluding carboxylic acids is 1. The fraction of sp³-hybridized carbons (Fsp3) is 0.263. The molecular formula is C19H21BrN4O5S. The number of amides is 1. The minimum atomic E-state index is -4.08. The zero-order chi connectivity index (χ0) is 22.5. The van der Waals surface area contributed by atoms with E-state index in [1.165, 1.54) is 7.05 Å². The number of nitro benzene ring substituents is 1. The molecule has 1 amide bonds. The first-order chi connectivity index (χ1) is 14.1. The number of anilines is 1. The van der Waals surface area contributed by atoms with Crippen LogP contribution in [0.15, 0.2) is 58.6 Å². The first-order valence-electron chi connectivity index (χ1n) is 8.85. The SMILES string of the molecule is C=CCCC(C(=O)Nc1nc(Br)ccc1C)N(C)S(=O)(=O)c1ccc([N+](=O)[O-])cc1. The summed E-state index contributed by atoms with van der Waals surface area (Å²) in [5.41, 5.74) is 0.489. The van der Waals surface area contributed by atoms with Gasteiger partial charge in [-0.05, 0) is 59.5 Å². The van der Waals surface area contributed by atoms with E-state index >= 15 is 0 Å². The second kappa shape index (κ2) is 9.92. The van der Waals surface area contributed by atoms with E-state index in [4.69, 9.17) is 0 Å². The van der Waals surface area contributed by atoms with Gasteiger partial charge in [-0.25, -0.2) is 13.4 Å².